The Kier molecular flexibility index (Phi) is 10.3. The number of aliphatic hydroxyl groups excluding tert-OH is 1. The van der Waals surface area contributed by atoms with Crippen LogP contribution in [0.4, 0.5) is 5.69 Å². The molecule has 13 heteroatoms. The fourth-order valence-electron chi connectivity index (χ4n) is 9.39. The predicted molar refractivity (Wildman–Crippen MR) is 208 cm³/mol. The molecule has 2 amide bonds. The van der Waals surface area contributed by atoms with E-state index in [2.05, 4.69) is 37.2 Å². The minimum Gasteiger partial charge on any atom is -0.497 e. The van der Waals surface area contributed by atoms with Crippen molar-refractivity contribution in [3.8, 4) is 11.4 Å². The summed E-state index contributed by atoms with van der Waals surface area (Å²) in [6.45, 7) is 7.45. The van der Waals surface area contributed by atoms with E-state index in [1.807, 2.05) is 48.5 Å². The number of nitrogens with zero attached hydrogens (tertiary/aromatic N) is 3. The number of rotatable bonds is 12. The first-order valence-electron chi connectivity index (χ1n) is 18.9. The molecule has 3 aliphatic rings. The molecule has 3 aromatic carbocycles. The third-order valence-electron chi connectivity index (χ3n) is 12.2. The minimum atomic E-state index is -2.55. The number of carbonyl (C=O) groups is 3. The van der Waals surface area contributed by atoms with Crippen LogP contribution in [0.2, 0.25) is 18.6 Å². The summed E-state index contributed by atoms with van der Waals surface area (Å²) in [5.74, 6) is -0.225. The van der Waals surface area contributed by atoms with Crippen LogP contribution in [0.1, 0.15) is 51.0 Å². The molecule has 54 heavy (non-hydrogen) atoms. The molecule has 0 unspecified atom stereocenters. The number of benzene rings is 3. The lowest BCUT2D eigenvalue weighted by Crippen LogP contribution is -2.52. The molecule has 4 aromatic rings. The van der Waals surface area contributed by atoms with Gasteiger partial charge in [-0.3, -0.25) is 24.3 Å². The summed E-state index contributed by atoms with van der Waals surface area (Å²) in [6, 6.07) is 20.8. The fourth-order valence-corrected chi connectivity index (χ4v) is 13.4. The Morgan fingerprint density at radius 1 is 1.04 bits per heavy atom. The molecular weight excluding hydrogens is 705 g/mol. The largest absolute Gasteiger partial charge is 0.497 e. The van der Waals surface area contributed by atoms with Gasteiger partial charge in [-0.15, -0.1) is 0 Å². The number of amides is 2. The van der Waals surface area contributed by atoms with Crippen LogP contribution in [0.15, 0.2) is 71.5 Å². The highest BCUT2D eigenvalue weighted by atomic mass is 28.3. The Balaban J connectivity index is 1.34. The predicted octanol–water partition coefficient (Wildman–Crippen LogP) is 4.61. The van der Waals surface area contributed by atoms with Crippen LogP contribution in [0.25, 0.3) is 16.6 Å². The first kappa shape index (κ1) is 37.6. The normalized spacial score (nSPS) is 23.8. The maximum Gasteiger partial charge on any atom is 0.305 e. The van der Waals surface area contributed by atoms with E-state index in [1.54, 1.807) is 23.0 Å². The summed E-state index contributed by atoms with van der Waals surface area (Å²) in [4.78, 5) is 58.5. The number of hydrogen-bond acceptors (Lipinski definition) is 8. The summed E-state index contributed by atoms with van der Waals surface area (Å²) >= 11 is 0. The highest BCUT2D eigenvalue weighted by Gasteiger charge is 2.66. The molecular formula is C41H50N4O8Si. The number of aromatic amines is 1. The van der Waals surface area contributed by atoms with E-state index in [0.29, 0.717) is 53.8 Å². The topological polar surface area (TPSA) is 143 Å². The van der Waals surface area contributed by atoms with Gasteiger partial charge >= 0.3 is 5.97 Å². The van der Waals surface area contributed by atoms with Gasteiger partial charge < -0.3 is 29.1 Å². The van der Waals surface area contributed by atoms with Gasteiger partial charge in [-0.05, 0) is 73.7 Å². The maximum atomic E-state index is 15.2. The highest BCUT2D eigenvalue weighted by Crippen LogP contribution is 2.60. The molecule has 4 heterocycles. The average molecular weight is 755 g/mol. The van der Waals surface area contributed by atoms with Crippen molar-refractivity contribution in [3.63, 3.8) is 0 Å². The molecule has 0 radical (unpaired) electrons. The van der Waals surface area contributed by atoms with Crippen molar-refractivity contribution in [1.82, 2.24) is 14.7 Å². The number of ether oxygens (including phenoxy) is 3. The number of likely N-dealkylation sites (tertiary alicyclic amines) is 1. The number of unbranched alkanes of at least 4 members (excludes halogenated alkanes) is 1. The molecule has 5 atom stereocenters. The number of H-pyrrole nitrogens is 1. The van der Waals surface area contributed by atoms with E-state index in [9.17, 15) is 19.5 Å². The van der Waals surface area contributed by atoms with Crippen molar-refractivity contribution < 1.29 is 33.7 Å². The molecule has 2 saturated heterocycles. The second-order valence-corrected chi connectivity index (χ2v) is 20.1. The number of aromatic nitrogens is 2. The van der Waals surface area contributed by atoms with Gasteiger partial charge in [0, 0.05) is 31.0 Å². The Bertz CT molecular complexity index is 2110. The minimum absolute atomic E-state index is 0.0722. The molecule has 7 rings (SSSR count). The average Bonchev–Trinajstić information content (AvgIpc) is 3.93. The second-order valence-electron chi connectivity index (χ2n) is 15.4. The number of hydrogen-bond donors (Lipinski definition) is 2. The monoisotopic (exact) mass is 754 g/mol. The molecule has 0 saturated carbocycles. The first-order chi connectivity index (χ1) is 26.0. The van der Waals surface area contributed by atoms with E-state index in [1.165, 1.54) is 11.8 Å². The van der Waals surface area contributed by atoms with Crippen LogP contribution in [0.3, 0.4) is 0 Å². The number of fused-ring (bicyclic) bond motifs is 3. The standard InChI is InChI=1S/C41H50N4O8Si/c1-26-38(54(4,5)30-18-16-29(51-2)17-19-30)35(24-36(47)43-22-10-11-28(43)25-46)53-41(26)32-23-27(45-39(49)31-12-6-7-13-33(31)42-45)15-20-34(32)44(40(41)50)21-9-8-14-37(48)52-3/h6-7,12-13,15-20,23,26,28,35,38,42,46H,8-11,14,21-22,24-25H2,1-5H3/t26-,28+,35+,38-,41+/m1/s1. The van der Waals surface area contributed by atoms with E-state index < -0.39 is 19.8 Å². The smallest absolute Gasteiger partial charge is 0.305 e. The van der Waals surface area contributed by atoms with E-state index in [0.717, 1.165) is 23.8 Å². The van der Waals surface area contributed by atoms with Crippen LogP contribution in [-0.2, 0) is 29.5 Å². The number of para-hydroxylation sites is 1. The third-order valence-corrected chi connectivity index (χ3v) is 16.6. The lowest BCUT2D eigenvalue weighted by Gasteiger charge is -2.37. The molecule has 0 bridgehead atoms. The highest BCUT2D eigenvalue weighted by molar-refractivity contribution is 6.91. The van der Waals surface area contributed by atoms with Crippen molar-refractivity contribution in [2.75, 3.05) is 38.8 Å². The summed E-state index contributed by atoms with van der Waals surface area (Å²) in [6.07, 6.45) is 2.38. The van der Waals surface area contributed by atoms with Crippen LogP contribution in [-0.4, -0.2) is 91.7 Å². The quantitative estimate of drug-likeness (QED) is 0.121. The second kappa shape index (κ2) is 14.8. The fraction of sp³-hybridized carbons (Fsp3) is 0.463. The molecule has 12 nitrogen and oxygen atoms in total. The van der Waals surface area contributed by atoms with Gasteiger partial charge in [-0.2, -0.15) is 0 Å². The van der Waals surface area contributed by atoms with Gasteiger partial charge in [-0.1, -0.05) is 49.5 Å². The number of aliphatic hydroxyl groups is 1. The van der Waals surface area contributed by atoms with Gasteiger partial charge in [0.25, 0.3) is 11.5 Å². The van der Waals surface area contributed by atoms with Crippen LogP contribution in [0, 0.1) is 5.92 Å². The Morgan fingerprint density at radius 3 is 2.50 bits per heavy atom. The molecule has 3 aliphatic heterocycles. The summed E-state index contributed by atoms with van der Waals surface area (Å²) in [5.41, 5.74) is 0.772. The van der Waals surface area contributed by atoms with Gasteiger partial charge in [0.1, 0.15) is 5.75 Å². The van der Waals surface area contributed by atoms with Gasteiger partial charge in [0.2, 0.25) is 5.91 Å². The molecule has 2 fully saturated rings. The molecule has 0 aliphatic carbocycles. The Labute approximate surface area is 316 Å². The lowest BCUT2D eigenvalue weighted by atomic mass is 9.82. The number of methoxy groups -OCH3 is 2. The summed E-state index contributed by atoms with van der Waals surface area (Å²) in [7, 11) is 0.452. The molecule has 1 aromatic heterocycles. The molecule has 1 spiro atoms. The van der Waals surface area contributed by atoms with Gasteiger partial charge in [-0.25, -0.2) is 4.68 Å². The lowest BCUT2D eigenvalue weighted by molar-refractivity contribution is -0.150. The van der Waals surface area contributed by atoms with Crippen molar-refractivity contribution in [2.45, 2.75) is 81.8 Å². The number of nitrogens with one attached hydrogen (secondary N) is 1. The first-order valence-corrected chi connectivity index (χ1v) is 22.0. The van der Waals surface area contributed by atoms with E-state index in [-0.39, 0.29) is 60.3 Å². The van der Waals surface area contributed by atoms with E-state index in [4.69, 9.17) is 14.2 Å². The van der Waals surface area contributed by atoms with Crippen molar-refractivity contribution in [2.24, 2.45) is 5.92 Å². The molecule has 286 valence electrons. The van der Waals surface area contributed by atoms with Crippen LogP contribution >= 0.6 is 0 Å². The number of carbonyl (C=O) groups excluding carboxylic acids is 3. The SMILES string of the molecule is COC(=O)CCCCN1C(=O)[C@@]2(O[C@@H](CC(=O)N3CCC[C@H]3CO)[C@H]([Si](C)(C)c3ccc(OC)cc3)[C@H]2C)c2cc(-n3[nH]c4ccccc4c3=O)ccc21. The zero-order valence-electron chi connectivity index (χ0n) is 31.7. The van der Waals surface area contributed by atoms with Crippen LogP contribution < -0.4 is 20.4 Å². The van der Waals surface area contributed by atoms with Crippen molar-refractivity contribution >= 4 is 47.6 Å². The van der Waals surface area contributed by atoms with Crippen molar-refractivity contribution in [1.29, 1.82) is 0 Å². The van der Waals surface area contributed by atoms with Crippen molar-refractivity contribution in [3.05, 3.63) is 82.6 Å². The zero-order chi connectivity index (χ0) is 38.4. The van der Waals surface area contributed by atoms with Crippen LogP contribution in [0.5, 0.6) is 5.75 Å². The maximum absolute atomic E-state index is 15.2. The Hall–Kier alpha value is -4.72. The van der Waals surface area contributed by atoms with E-state index >= 15 is 4.79 Å². The number of esters is 1. The summed E-state index contributed by atoms with van der Waals surface area (Å²) in [5, 5.41) is 15.0. The Morgan fingerprint density at radius 2 is 1.80 bits per heavy atom. The van der Waals surface area contributed by atoms with Gasteiger partial charge in [0.05, 0.1) is 69.7 Å². The summed E-state index contributed by atoms with van der Waals surface area (Å²) < 4.78 is 19.1. The van der Waals surface area contributed by atoms with Gasteiger partial charge in [0.15, 0.2) is 5.60 Å². The third kappa shape index (κ3) is 6.25. The number of anilines is 1. The zero-order valence-corrected chi connectivity index (χ0v) is 32.7. The molecule has 2 N–H and O–H groups in total.